The molecule has 32 heavy (non-hydrogen) atoms. The van der Waals surface area contributed by atoms with Crippen LogP contribution in [0.15, 0.2) is 58.8 Å². The second-order valence-corrected chi connectivity index (χ2v) is 7.51. The molecule has 4 rings (SSSR count). The monoisotopic (exact) mass is 428 g/mol. The molecular weight excluding hydrogens is 404 g/mol. The highest BCUT2D eigenvalue weighted by molar-refractivity contribution is 5.98. The molecule has 0 fully saturated rings. The van der Waals surface area contributed by atoms with Crippen molar-refractivity contribution >= 4 is 28.8 Å². The van der Waals surface area contributed by atoms with Crippen molar-refractivity contribution in [3.63, 3.8) is 0 Å². The normalized spacial score (nSPS) is 11.4. The molecule has 8 heteroatoms. The largest absolute Gasteiger partial charge is 0.462 e. The first-order chi connectivity index (χ1) is 15.4. The third-order valence-electron chi connectivity index (χ3n) is 5.05. The molecule has 0 unspecified atom stereocenters. The summed E-state index contributed by atoms with van der Waals surface area (Å²) in [4.78, 5) is 17.4. The number of azo groups is 1. The number of aromatic nitrogens is 3. The van der Waals surface area contributed by atoms with E-state index in [0.29, 0.717) is 34.0 Å². The van der Waals surface area contributed by atoms with Crippen molar-refractivity contribution < 1.29 is 9.53 Å². The molecule has 0 amide bonds. The molecule has 2 heterocycles. The maximum atomic E-state index is 12.8. The van der Waals surface area contributed by atoms with Crippen molar-refractivity contribution in [1.29, 1.82) is 0 Å². The van der Waals surface area contributed by atoms with E-state index in [2.05, 4.69) is 20.3 Å². The van der Waals surface area contributed by atoms with Crippen molar-refractivity contribution in [3.05, 3.63) is 70.9 Å². The quantitative estimate of drug-likeness (QED) is 0.334. The van der Waals surface area contributed by atoms with Crippen LogP contribution >= 0.6 is 0 Å². The fraction of sp³-hybridized carbons (Fsp3) is 0.208. The average Bonchev–Trinajstić information content (AvgIpc) is 3.08. The summed E-state index contributed by atoms with van der Waals surface area (Å²) in [5.74, 6) is -0.297. The number of rotatable bonds is 5. The number of carbonyl (C=O) groups is 1. The second kappa shape index (κ2) is 8.58. The number of ether oxygens (including phenoxy) is 1. The lowest BCUT2D eigenvalue weighted by atomic mass is 10.0. The summed E-state index contributed by atoms with van der Waals surface area (Å²) in [7, 11) is 0. The Balaban J connectivity index is 1.94. The molecule has 2 N–H and O–H groups in total. The molecule has 0 aliphatic rings. The first-order valence-electron chi connectivity index (χ1n) is 10.3. The molecule has 8 nitrogen and oxygen atoms in total. The van der Waals surface area contributed by atoms with Crippen LogP contribution in [0, 0.1) is 20.8 Å². The number of benzene rings is 2. The van der Waals surface area contributed by atoms with E-state index in [1.165, 1.54) is 0 Å². The smallest absolute Gasteiger partial charge is 0.342 e. The van der Waals surface area contributed by atoms with E-state index in [-0.39, 0.29) is 12.4 Å². The molecule has 0 aliphatic carbocycles. The summed E-state index contributed by atoms with van der Waals surface area (Å²) in [6.07, 6.45) is 0. The zero-order chi connectivity index (χ0) is 22.8. The summed E-state index contributed by atoms with van der Waals surface area (Å²) in [6, 6.07) is 15.4. The lowest BCUT2D eigenvalue weighted by Crippen LogP contribution is -2.14. The van der Waals surface area contributed by atoms with Gasteiger partial charge in [0.1, 0.15) is 5.56 Å². The Morgan fingerprint density at radius 3 is 2.25 bits per heavy atom. The van der Waals surface area contributed by atoms with E-state index in [1.54, 1.807) is 18.4 Å². The predicted molar refractivity (Wildman–Crippen MR) is 124 cm³/mol. The van der Waals surface area contributed by atoms with E-state index in [9.17, 15) is 4.79 Å². The molecular formula is C24H24N6O2. The summed E-state index contributed by atoms with van der Waals surface area (Å²) < 4.78 is 6.85. The van der Waals surface area contributed by atoms with Crippen molar-refractivity contribution in [3.8, 4) is 11.3 Å². The van der Waals surface area contributed by atoms with Crippen LogP contribution in [-0.2, 0) is 4.74 Å². The molecule has 162 valence electrons. The van der Waals surface area contributed by atoms with E-state index >= 15 is 0 Å². The first-order valence-corrected chi connectivity index (χ1v) is 10.3. The van der Waals surface area contributed by atoms with E-state index in [4.69, 9.17) is 10.5 Å². The van der Waals surface area contributed by atoms with Gasteiger partial charge in [0.25, 0.3) is 0 Å². The van der Waals surface area contributed by atoms with Gasteiger partial charge in [-0.15, -0.1) is 10.2 Å². The van der Waals surface area contributed by atoms with Gasteiger partial charge in [0.15, 0.2) is 17.2 Å². The first kappa shape index (κ1) is 21.2. The molecule has 0 aliphatic heterocycles. The van der Waals surface area contributed by atoms with Gasteiger partial charge in [-0.2, -0.15) is 5.11 Å². The van der Waals surface area contributed by atoms with Gasteiger partial charge in [-0.1, -0.05) is 47.5 Å². The summed E-state index contributed by atoms with van der Waals surface area (Å²) >= 11 is 0. The highest BCUT2D eigenvalue weighted by Gasteiger charge is 2.25. The molecule has 0 saturated carbocycles. The van der Waals surface area contributed by atoms with Crippen LogP contribution in [0.2, 0.25) is 0 Å². The Bertz CT molecular complexity index is 1320. The molecule has 2 aromatic heterocycles. The zero-order valence-corrected chi connectivity index (χ0v) is 18.5. The average molecular weight is 428 g/mol. The van der Waals surface area contributed by atoms with Gasteiger partial charge in [-0.25, -0.2) is 14.3 Å². The number of hydrogen-bond donors (Lipinski definition) is 1. The van der Waals surface area contributed by atoms with E-state index in [0.717, 1.165) is 16.7 Å². The van der Waals surface area contributed by atoms with Crippen molar-refractivity contribution in [2.75, 3.05) is 12.3 Å². The topological polar surface area (TPSA) is 107 Å². The highest BCUT2D eigenvalue weighted by atomic mass is 16.5. The maximum Gasteiger partial charge on any atom is 0.342 e. The van der Waals surface area contributed by atoms with E-state index < -0.39 is 5.97 Å². The standard InChI is InChI=1S/C24H24N6O2/c1-5-32-24(31)19-16(4)26-23-20(28-27-18-12-8-15(3)9-13-18)22(25)29-30(23)21(19)17-10-6-14(2)7-11-17/h6-13H,5H2,1-4H3,(H2,25,29). The predicted octanol–water partition coefficient (Wildman–Crippen LogP) is 5.50. The van der Waals surface area contributed by atoms with Crippen molar-refractivity contribution in [2.24, 2.45) is 10.2 Å². The molecule has 0 radical (unpaired) electrons. The van der Waals surface area contributed by atoms with Crippen molar-refractivity contribution in [1.82, 2.24) is 14.6 Å². The van der Waals surface area contributed by atoms with Gasteiger partial charge < -0.3 is 10.5 Å². The van der Waals surface area contributed by atoms with Crippen LogP contribution in [0.4, 0.5) is 17.2 Å². The molecule has 0 saturated heterocycles. The number of esters is 1. The number of carbonyl (C=O) groups excluding carboxylic acids is 1. The van der Waals surface area contributed by atoms with Gasteiger partial charge >= 0.3 is 5.97 Å². The fourth-order valence-electron chi connectivity index (χ4n) is 3.41. The second-order valence-electron chi connectivity index (χ2n) is 7.51. The number of nitrogens with zero attached hydrogens (tertiary/aromatic N) is 5. The third kappa shape index (κ3) is 3.94. The number of nitrogens with two attached hydrogens (primary N) is 1. The summed E-state index contributed by atoms with van der Waals surface area (Å²) in [5, 5.41) is 13.1. The van der Waals surface area contributed by atoms with Crippen LogP contribution in [0.5, 0.6) is 0 Å². The van der Waals surface area contributed by atoms with Crippen LogP contribution in [0.25, 0.3) is 16.9 Å². The SMILES string of the molecule is CCOC(=O)c1c(C)nc2c(N=Nc3ccc(C)cc3)c(N)nn2c1-c1ccc(C)cc1. The van der Waals surface area contributed by atoms with Gasteiger partial charge in [0.2, 0.25) is 0 Å². The molecule has 0 atom stereocenters. The molecule has 0 bridgehead atoms. The Kier molecular flexibility index (Phi) is 5.68. The Hall–Kier alpha value is -4.07. The van der Waals surface area contributed by atoms with Crippen molar-refractivity contribution in [2.45, 2.75) is 27.7 Å². The van der Waals surface area contributed by atoms with Gasteiger partial charge in [0.05, 0.1) is 23.7 Å². The molecule has 2 aromatic carbocycles. The number of nitrogen functional groups attached to an aromatic ring is 1. The number of anilines is 1. The zero-order valence-electron chi connectivity index (χ0n) is 18.5. The Morgan fingerprint density at radius 2 is 1.62 bits per heavy atom. The van der Waals surface area contributed by atoms with Gasteiger partial charge in [-0.05, 0) is 39.8 Å². The van der Waals surface area contributed by atoms with Crippen LogP contribution in [-0.4, -0.2) is 27.2 Å². The lowest BCUT2D eigenvalue weighted by Gasteiger charge is -2.13. The number of fused-ring (bicyclic) bond motifs is 1. The lowest BCUT2D eigenvalue weighted by molar-refractivity contribution is 0.0525. The maximum absolute atomic E-state index is 12.8. The minimum atomic E-state index is -0.466. The minimum absolute atomic E-state index is 0.169. The molecule has 4 aromatic rings. The van der Waals surface area contributed by atoms with Crippen LogP contribution in [0.1, 0.15) is 34.1 Å². The number of aryl methyl sites for hydroxylation is 3. The Morgan fingerprint density at radius 1 is 1.00 bits per heavy atom. The highest BCUT2D eigenvalue weighted by Crippen LogP contribution is 2.34. The third-order valence-corrected chi connectivity index (χ3v) is 5.05. The van der Waals surface area contributed by atoms with Crippen LogP contribution in [0.3, 0.4) is 0 Å². The Labute approximate surface area is 185 Å². The summed E-state index contributed by atoms with van der Waals surface area (Å²) in [6.45, 7) is 7.78. The fourth-order valence-corrected chi connectivity index (χ4v) is 3.41. The van der Waals surface area contributed by atoms with Gasteiger partial charge in [-0.3, -0.25) is 0 Å². The number of hydrogen-bond acceptors (Lipinski definition) is 7. The van der Waals surface area contributed by atoms with E-state index in [1.807, 2.05) is 62.4 Å². The summed E-state index contributed by atoms with van der Waals surface area (Å²) in [5.41, 5.74) is 12.1. The molecule has 0 spiro atoms. The minimum Gasteiger partial charge on any atom is -0.462 e. The van der Waals surface area contributed by atoms with Crippen LogP contribution < -0.4 is 5.73 Å². The van der Waals surface area contributed by atoms with Gasteiger partial charge in [0, 0.05) is 5.56 Å².